The van der Waals surface area contributed by atoms with Gasteiger partial charge >= 0.3 is 5.97 Å². The van der Waals surface area contributed by atoms with Gasteiger partial charge in [0.15, 0.2) is 0 Å². The van der Waals surface area contributed by atoms with E-state index < -0.39 is 17.8 Å². The lowest BCUT2D eigenvalue weighted by atomic mass is 10.1. The molecular weight excluding hydrogens is 316 g/mol. The average Bonchev–Trinajstić information content (AvgIpc) is 2.94. The minimum absolute atomic E-state index is 0.0707. The molecule has 0 bridgehead atoms. The number of amides is 2. The van der Waals surface area contributed by atoms with Crippen LogP contribution in [-0.4, -0.2) is 42.2 Å². The number of carbonyl (C=O) groups is 3. The molecule has 0 radical (unpaired) electrons. The molecule has 0 aromatic heterocycles. The number of benzene rings is 1. The average molecular weight is 336 g/mol. The standard InChI is InChI=1S/C16H20N2O4S/c1-10(16(21)22)8-17-15(20)11-7-14(19)18(9-11)12-3-5-13(23-2)6-4-12/h3-6,10-11H,7-9H2,1-2H3,(H,17,20)(H,21,22). The van der Waals surface area contributed by atoms with Crippen molar-refractivity contribution in [2.24, 2.45) is 11.8 Å². The minimum Gasteiger partial charge on any atom is -0.481 e. The maximum absolute atomic E-state index is 12.1. The Labute approximate surface area is 139 Å². The maximum atomic E-state index is 12.1. The summed E-state index contributed by atoms with van der Waals surface area (Å²) in [7, 11) is 0. The minimum atomic E-state index is -0.955. The highest BCUT2D eigenvalue weighted by Crippen LogP contribution is 2.27. The molecule has 0 aliphatic carbocycles. The molecule has 0 spiro atoms. The molecule has 2 unspecified atom stereocenters. The summed E-state index contributed by atoms with van der Waals surface area (Å²) in [5.74, 6) is -2.40. The molecular formula is C16H20N2O4S. The van der Waals surface area contributed by atoms with E-state index in [1.807, 2.05) is 30.5 Å². The van der Waals surface area contributed by atoms with E-state index in [2.05, 4.69) is 5.32 Å². The third-order valence-electron chi connectivity index (χ3n) is 3.88. The van der Waals surface area contributed by atoms with Gasteiger partial charge in [-0.1, -0.05) is 6.92 Å². The van der Waals surface area contributed by atoms with Crippen molar-refractivity contribution in [3.05, 3.63) is 24.3 Å². The third kappa shape index (κ3) is 4.25. The lowest BCUT2D eigenvalue weighted by Gasteiger charge is -2.17. The number of carboxylic acids is 1. The lowest BCUT2D eigenvalue weighted by Crippen LogP contribution is -2.37. The van der Waals surface area contributed by atoms with Crippen LogP contribution in [0.3, 0.4) is 0 Å². The molecule has 2 amide bonds. The van der Waals surface area contributed by atoms with Crippen LogP contribution in [0, 0.1) is 11.8 Å². The summed E-state index contributed by atoms with van der Waals surface area (Å²) in [6, 6.07) is 7.62. The number of nitrogens with zero attached hydrogens (tertiary/aromatic N) is 1. The van der Waals surface area contributed by atoms with Crippen LogP contribution in [0.5, 0.6) is 0 Å². The smallest absolute Gasteiger partial charge is 0.308 e. The normalized spacial score (nSPS) is 18.8. The molecule has 1 fully saturated rings. The van der Waals surface area contributed by atoms with Gasteiger partial charge in [-0.25, -0.2) is 0 Å². The van der Waals surface area contributed by atoms with Gasteiger partial charge in [-0.15, -0.1) is 11.8 Å². The zero-order valence-electron chi connectivity index (χ0n) is 13.1. The molecule has 0 saturated carbocycles. The summed E-state index contributed by atoms with van der Waals surface area (Å²) in [6.45, 7) is 1.92. The highest BCUT2D eigenvalue weighted by Gasteiger charge is 2.35. The second-order valence-electron chi connectivity index (χ2n) is 5.59. The van der Waals surface area contributed by atoms with Crippen LogP contribution in [0.25, 0.3) is 0 Å². The molecule has 7 heteroatoms. The number of nitrogens with one attached hydrogen (secondary N) is 1. The van der Waals surface area contributed by atoms with Crippen molar-refractivity contribution in [1.29, 1.82) is 0 Å². The van der Waals surface area contributed by atoms with Crippen molar-refractivity contribution in [2.75, 3.05) is 24.2 Å². The Morgan fingerprint density at radius 3 is 2.61 bits per heavy atom. The van der Waals surface area contributed by atoms with Gasteiger partial charge in [0.25, 0.3) is 0 Å². The molecule has 124 valence electrons. The van der Waals surface area contributed by atoms with E-state index in [1.165, 1.54) is 6.92 Å². The predicted molar refractivity (Wildman–Crippen MR) is 88.5 cm³/mol. The molecule has 1 aromatic rings. The van der Waals surface area contributed by atoms with Gasteiger partial charge in [0, 0.05) is 30.1 Å². The number of thioether (sulfide) groups is 1. The molecule has 1 aliphatic rings. The van der Waals surface area contributed by atoms with Crippen LogP contribution in [0.4, 0.5) is 5.69 Å². The lowest BCUT2D eigenvalue weighted by molar-refractivity contribution is -0.141. The molecule has 1 aromatic carbocycles. The predicted octanol–water partition coefficient (Wildman–Crippen LogP) is 1.60. The Hall–Kier alpha value is -2.02. The number of rotatable bonds is 6. The molecule has 1 saturated heterocycles. The first-order valence-corrected chi connectivity index (χ1v) is 8.59. The Bertz CT molecular complexity index is 603. The first kappa shape index (κ1) is 17.3. The zero-order chi connectivity index (χ0) is 17.0. The maximum Gasteiger partial charge on any atom is 0.308 e. The fourth-order valence-corrected chi connectivity index (χ4v) is 2.79. The first-order valence-electron chi connectivity index (χ1n) is 7.37. The summed E-state index contributed by atoms with van der Waals surface area (Å²) in [4.78, 5) is 37.7. The van der Waals surface area contributed by atoms with Gasteiger partial charge in [0.1, 0.15) is 0 Å². The van der Waals surface area contributed by atoms with E-state index in [0.717, 1.165) is 10.6 Å². The van der Waals surface area contributed by atoms with Gasteiger partial charge in [0.05, 0.1) is 11.8 Å². The van der Waals surface area contributed by atoms with Crippen molar-refractivity contribution in [1.82, 2.24) is 5.32 Å². The first-order chi connectivity index (χ1) is 10.9. The molecule has 1 aliphatic heterocycles. The number of carbonyl (C=O) groups excluding carboxylic acids is 2. The van der Waals surface area contributed by atoms with Crippen LogP contribution in [0.2, 0.25) is 0 Å². The van der Waals surface area contributed by atoms with E-state index in [4.69, 9.17) is 5.11 Å². The summed E-state index contributed by atoms with van der Waals surface area (Å²) >= 11 is 1.62. The second-order valence-corrected chi connectivity index (χ2v) is 6.47. The fraction of sp³-hybridized carbons (Fsp3) is 0.438. The molecule has 6 nitrogen and oxygen atoms in total. The fourth-order valence-electron chi connectivity index (χ4n) is 2.38. The van der Waals surface area contributed by atoms with Crippen molar-refractivity contribution >= 4 is 35.2 Å². The highest BCUT2D eigenvalue weighted by molar-refractivity contribution is 7.98. The van der Waals surface area contributed by atoms with E-state index >= 15 is 0 Å². The Kier molecular flexibility index (Phi) is 5.65. The molecule has 2 N–H and O–H groups in total. The van der Waals surface area contributed by atoms with E-state index in [1.54, 1.807) is 16.7 Å². The summed E-state index contributed by atoms with van der Waals surface area (Å²) in [6.07, 6.45) is 2.13. The monoisotopic (exact) mass is 336 g/mol. The Morgan fingerprint density at radius 1 is 1.39 bits per heavy atom. The van der Waals surface area contributed by atoms with Crippen molar-refractivity contribution in [3.63, 3.8) is 0 Å². The molecule has 1 heterocycles. The van der Waals surface area contributed by atoms with Gasteiger partial charge in [-0.05, 0) is 30.5 Å². The number of hydrogen-bond donors (Lipinski definition) is 2. The van der Waals surface area contributed by atoms with Gasteiger partial charge in [-0.3, -0.25) is 14.4 Å². The molecule has 2 atom stereocenters. The van der Waals surface area contributed by atoms with Crippen LogP contribution >= 0.6 is 11.8 Å². The van der Waals surface area contributed by atoms with Gasteiger partial charge in [0.2, 0.25) is 11.8 Å². The topological polar surface area (TPSA) is 86.7 Å². The van der Waals surface area contributed by atoms with Gasteiger partial charge in [-0.2, -0.15) is 0 Å². The van der Waals surface area contributed by atoms with Crippen LogP contribution in [0.1, 0.15) is 13.3 Å². The SMILES string of the molecule is CSc1ccc(N2CC(C(=O)NCC(C)C(=O)O)CC2=O)cc1. The third-order valence-corrected chi connectivity index (χ3v) is 4.63. The highest BCUT2D eigenvalue weighted by atomic mass is 32.2. The Morgan fingerprint density at radius 2 is 2.04 bits per heavy atom. The second kappa shape index (κ2) is 7.50. The summed E-state index contributed by atoms with van der Waals surface area (Å²) < 4.78 is 0. The zero-order valence-corrected chi connectivity index (χ0v) is 13.9. The van der Waals surface area contributed by atoms with Crippen molar-refractivity contribution in [3.8, 4) is 0 Å². The van der Waals surface area contributed by atoms with Crippen LogP contribution in [-0.2, 0) is 14.4 Å². The summed E-state index contributed by atoms with van der Waals surface area (Å²) in [5.41, 5.74) is 0.780. The Balaban J connectivity index is 1.95. The molecule has 23 heavy (non-hydrogen) atoms. The summed E-state index contributed by atoms with van der Waals surface area (Å²) in [5, 5.41) is 11.4. The van der Waals surface area contributed by atoms with E-state index in [-0.39, 0.29) is 24.8 Å². The largest absolute Gasteiger partial charge is 0.481 e. The quantitative estimate of drug-likeness (QED) is 0.771. The van der Waals surface area contributed by atoms with Crippen LogP contribution < -0.4 is 10.2 Å². The number of carboxylic acid groups (broad SMARTS) is 1. The number of anilines is 1. The molecule has 2 rings (SSSR count). The van der Waals surface area contributed by atoms with E-state index in [9.17, 15) is 14.4 Å². The number of aliphatic carboxylic acids is 1. The van der Waals surface area contributed by atoms with Crippen molar-refractivity contribution in [2.45, 2.75) is 18.2 Å². The number of hydrogen-bond acceptors (Lipinski definition) is 4. The van der Waals surface area contributed by atoms with E-state index in [0.29, 0.717) is 6.54 Å². The van der Waals surface area contributed by atoms with Gasteiger partial charge < -0.3 is 15.3 Å². The van der Waals surface area contributed by atoms with Crippen LogP contribution in [0.15, 0.2) is 29.2 Å². The van der Waals surface area contributed by atoms with Crippen molar-refractivity contribution < 1.29 is 19.5 Å².